The van der Waals surface area contributed by atoms with Crippen LogP contribution in [0.5, 0.6) is 0 Å². The number of rotatable bonds is 3. The van der Waals surface area contributed by atoms with E-state index >= 15 is 0 Å². The van der Waals surface area contributed by atoms with Gasteiger partial charge in [0.05, 0.1) is 6.54 Å². The number of hydrogen-bond acceptors (Lipinski definition) is 6. The van der Waals surface area contributed by atoms with Gasteiger partial charge in [-0.15, -0.1) is 10.2 Å². The normalized spacial score (nSPS) is 10.5. The van der Waals surface area contributed by atoms with E-state index in [1.165, 1.54) is 28.2 Å². The molecule has 2 heterocycles. The lowest BCUT2D eigenvalue weighted by molar-refractivity contribution is 0.634. The van der Waals surface area contributed by atoms with E-state index < -0.39 is 0 Å². The number of aryl methyl sites for hydroxylation is 1. The van der Waals surface area contributed by atoms with Crippen molar-refractivity contribution < 1.29 is 0 Å². The summed E-state index contributed by atoms with van der Waals surface area (Å²) >= 11 is 1.31. The molecule has 0 saturated heterocycles. The molecule has 0 fully saturated rings. The fourth-order valence-corrected chi connectivity index (χ4v) is 2.00. The first-order chi connectivity index (χ1) is 8.11. The van der Waals surface area contributed by atoms with E-state index in [9.17, 15) is 9.59 Å². The van der Waals surface area contributed by atoms with Crippen LogP contribution >= 0.6 is 11.3 Å². The molecule has 2 aromatic heterocycles. The third-order valence-corrected chi connectivity index (χ3v) is 3.14. The molecule has 0 amide bonds. The molecule has 0 aliphatic carbocycles. The Kier molecular flexibility index (Phi) is 3.05. The summed E-state index contributed by atoms with van der Waals surface area (Å²) in [6.07, 6.45) is 1.44. The molecule has 0 saturated carbocycles. The maximum absolute atomic E-state index is 11.7. The zero-order chi connectivity index (χ0) is 12.4. The van der Waals surface area contributed by atoms with E-state index in [2.05, 4.69) is 15.5 Å². The second-order valence-electron chi connectivity index (χ2n) is 3.38. The van der Waals surface area contributed by atoms with Gasteiger partial charge in [0, 0.05) is 26.4 Å². The molecule has 2 aromatic rings. The first-order valence-electron chi connectivity index (χ1n) is 4.88. The minimum atomic E-state index is -0.362. The molecule has 2 rings (SSSR count). The monoisotopic (exact) mass is 253 g/mol. The van der Waals surface area contributed by atoms with Crippen LogP contribution in [0.15, 0.2) is 21.9 Å². The molecular weight excluding hydrogens is 242 g/mol. The molecule has 0 unspecified atom stereocenters. The molecule has 0 radical (unpaired) electrons. The highest BCUT2D eigenvalue weighted by Crippen LogP contribution is 2.13. The van der Waals surface area contributed by atoms with Crippen molar-refractivity contribution in [3.8, 4) is 0 Å². The summed E-state index contributed by atoms with van der Waals surface area (Å²) in [6.45, 7) is 0.145. The lowest BCUT2D eigenvalue weighted by Crippen LogP contribution is -2.38. The Morgan fingerprint density at radius 3 is 2.82 bits per heavy atom. The summed E-state index contributed by atoms with van der Waals surface area (Å²) in [5, 5.41) is 11.9. The van der Waals surface area contributed by atoms with Crippen LogP contribution in [-0.2, 0) is 13.6 Å². The summed E-state index contributed by atoms with van der Waals surface area (Å²) in [5.74, 6) is 0. The van der Waals surface area contributed by atoms with Crippen molar-refractivity contribution in [2.75, 3.05) is 12.4 Å². The van der Waals surface area contributed by atoms with E-state index in [0.29, 0.717) is 10.1 Å². The molecule has 0 aliphatic heterocycles. The molecular formula is C9H11N5O2S. The van der Waals surface area contributed by atoms with Gasteiger partial charge in [0.2, 0.25) is 5.13 Å². The van der Waals surface area contributed by atoms with Crippen molar-refractivity contribution in [2.24, 2.45) is 7.05 Å². The van der Waals surface area contributed by atoms with Gasteiger partial charge in [0.25, 0.3) is 5.56 Å². The highest BCUT2D eigenvalue weighted by atomic mass is 32.1. The molecule has 1 N–H and O–H groups in total. The van der Waals surface area contributed by atoms with Crippen LogP contribution in [0, 0.1) is 0 Å². The van der Waals surface area contributed by atoms with Crippen molar-refractivity contribution in [3.05, 3.63) is 38.1 Å². The SMILES string of the molecule is CNc1nnc(Cn2c(=O)ccn(C)c2=O)s1. The van der Waals surface area contributed by atoms with E-state index in [4.69, 9.17) is 0 Å². The van der Waals surface area contributed by atoms with Gasteiger partial charge in [-0.1, -0.05) is 11.3 Å². The Morgan fingerprint density at radius 2 is 2.18 bits per heavy atom. The summed E-state index contributed by atoms with van der Waals surface area (Å²) in [7, 11) is 3.33. The van der Waals surface area contributed by atoms with Crippen molar-refractivity contribution in [3.63, 3.8) is 0 Å². The Bertz CT molecular complexity index is 641. The minimum Gasteiger partial charge on any atom is -0.363 e. The molecule has 0 spiro atoms. The van der Waals surface area contributed by atoms with Gasteiger partial charge in [0.1, 0.15) is 5.01 Å². The summed E-state index contributed by atoms with van der Waals surface area (Å²) in [6, 6.07) is 1.35. The molecule has 0 aliphatic rings. The largest absolute Gasteiger partial charge is 0.363 e. The highest BCUT2D eigenvalue weighted by molar-refractivity contribution is 7.15. The average Bonchev–Trinajstić information content (AvgIpc) is 2.77. The van der Waals surface area contributed by atoms with Gasteiger partial charge in [0.15, 0.2) is 0 Å². The minimum absolute atomic E-state index is 0.145. The fourth-order valence-electron chi connectivity index (χ4n) is 1.31. The molecule has 90 valence electrons. The van der Waals surface area contributed by atoms with Gasteiger partial charge < -0.3 is 9.88 Å². The van der Waals surface area contributed by atoms with Crippen molar-refractivity contribution >= 4 is 16.5 Å². The molecule has 7 nitrogen and oxygen atoms in total. The summed E-state index contributed by atoms with van der Waals surface area (Å²) in [4.78, 5) is 23.3. The number of aromatic nitrogens is 4. The highest BCUT2D eigenvalue weighted by Gasteiger charge is 2.08. The van der Waals surface area contributed by atoms with Crippen molar-refractivity contribution in [1.29, 1.82) is 0 Å². The van der Waals surface area contributed by atoms with Crippen molar-refractivity contribution in [1.82, 2.24) is 19.3 Å². The molecule has 0 atom stereocenters. The Hall–Kier alpha value is -1.96. The fraction of sp³-hybridized carbons (Fsp3) is 0.333. The molecule has 8 heteroatoms. The second-order valence-corrected chi connectivity index (χ2v) is 4.45. The Morgan fingerprint density at radius 1 is 1.41 bits per heavy atom. The van der Waals surface area contributed by atoms with Crippen LogP contribution in [0.1, 0.15) is 5.01 Å². The smallest absolute Gasteiger partial charge is 0.331 e. The second kappa shape index (κ2) is 4.50. The number of nitrogens with one attached hydrogen (secondary N) is 1. The lowest BCUT2D eigenvalue weighted by atomic mass is 10.5. The summed E-state index contributed by atoms with van der Waals surface area (Å²) < 4.78 is 2.47. The Labute approximate surface area is 100 Å². The van der Waals surface area contributed by atoms with Gasteiger partial charge in [-0.25, -0.2) is 4.79 Å². The van der Waals surface area contributed by atoms with Gasteiger partial charge in [-0.05, 0) is 0 Å². The quantitative estimate of drug-likeness (QED) is 0.796. The van der Waals surface area contributed by atoms with E-state index in [1.807, 2.05) is 0 Å². The Balaban J connectivity index is 2.39. The first-order valence-corrected chi connectivity index (χ1v) is 5.70. The van der Waals surface area contributed by atoms with Gasteiger partial charge >= 0.3 is 5.69 Å². The van der Waals surface area contributed by atoms with Crippen LogP contribution in [0.25, 0.3) is 0 Å². The summed E-state index contributed by atoms with van der Waals surface area (Å²) in [5.41, 5.74) is -0.701. The lowest BCUT2D eigenvalue weighted by Gasteiger charge is -2.03. The van der Waals surface area contributed by atoms with Crippen LogP contribution in [0.4, 0.5) is 5.13 Å². The number of nitrogens with zero attached hydrogens (tertiary/aromatic N) is 4. The zero-order valence-corrected chi connectivity index (χ0v) is 10.2. The predicted molar refractivity (Wildman–Crippen MR) is 64.5 cm³/mol. The van der Waals surface area contributed by atoms with E-state index in [1.54, 1.807) is 14.1 Å². The van der Waals surface area contributed by atoms with Crippen LogP contribution in [-0.4, -0.2) is 26.4 Å². The third-order valence-electron chi connectivity index (χ3n) is 2.21. The van der Waals surface area contributed by atoms with Crippen LogP contribution in [0.2, 0.25) is 0 Å². The van der Waals surface area contributed by atoms with Crippen LogP contribution < -0.4 is 16.6 Å². The first kappa shape index (κ1) is 11.5. The number of anilines is 1. The molecule has 0 aromatic carbocycles. The molecule has 0 bridgehead atoms. The standard InChI is InChI=1S/C9H11N5O2S/c1-10-8-12-11-6(17-8)5-14-7(15)3-4-13(2)9(14)16/h3-4H,5H2,1-2H3,(H,10,12). The average molecular weight is 253 g/mol. The van der Waals surface area contributed by atoms with E-state index in [-0.39, 0.29) is 17.8 Å². The van der Waals surface area contributed by atoms with Crippen LogP contribution in [0.3, 0.4) is 0 Å². The molecule has 17 heavy (non-hydrogen) atoms. The van der Waals surface area contributed by atoms with E-state index in [0.717, 1.165) is 4.57 Å². The van der Waals surface area contributed by atoms with Crippen molar-refractivity contribution in [2.45, 2.75) is 6.54 Å². The topological polar surface area (TPSA) is 81.8 Å². The zero-order valence-electron chi connectivity index (χ0n) is 9.38. The third kappa shape index (κ3) is 2.26. The van der Waals surface area contributed by atoms with Gasteiger partial charge in [-0.2, -0.15) is 0 Å². The number of hydrogen-bond donors (Lipinski definition) is 1. The maximum Gasteiger partial charge on any atom is 0.331 e. The van der Waals surface area contributed by atoms with Gasteiger partial charge in [-0.3, -0.25) is 9.36 Å². The predicted octanol–water partition coefficient (Wildman–Crippen LogP) is -0.512. The maximum atomic E-state index is 11.7.